The van der Waals surface area contributed by atoms with Crippen molar-refractivity contribution in [1.82, 2.24) is 9.88 Å². The topological polar surface area (TPSA) is 19.0 Å². The number of para-hydroxylation sites is 1. The number of aryl methyl sites for hydroxylation is 1. The predicted molar refractivity (Wildman–Crippen MR) is 106 cm³/mol. The lowest BCUT2D eigenvalue weighted by Crippen LogP contribution is -2.30. The van der Waals surface area contributed by atoms with Crippen LogP contribution in [0.15, 0.2) is 72.3 Å². The number of piperidine rings is 1. The summed E-state index contributed by atoms with van der Waals surface area (Å²) < 4.78 is 0. The molecular formula is C23H26N2. The molecule has 0 amide bonds. The number of hydrogen-bond acceptors (Lipinski definition) is 1. The van der Waals surface area contributed by atoms with Gasteiger partial charge in [0.05, 0.1) is 0 Å². The van der Waals surface area contributed by atoms with Gasteiger partial charge < -0.3 is 4.98 Å². The van der Waals surface area contributed by atoms with E-state index in [1.807, 2.05) is 0 Å². The van der Waals surface area contributed by atoms with E-state index in [1.165, 1.54) is 54.5 Å². The number of likely N-dealkylation sites (tertiary alicyclic amines) is 1. The minimum absolute atomic E-state index is 1.03. The zero-order chi connectivity index (χ0) is 16.9. The number of nitrogens with zero attached hydrogens (tertiary/aromatic N) is 1. The Hall–Kier alpha value is -2.32. The minimum atomic E-state index is 1.03. The molecule has 0 unspecified atom stereocenters. The number of nitrogens with one attached hydrogen (secondary N) is 1. The lowest BCUT2D eigenvalue weighted by molar-refractivity contribution is 0.245. The summed E-state index contributed by atoms with van der Waals surface area (Å²) in [5.41, 5.74) is 5.66. The third-order valence-corrected chi connectivity index (χ3v) is 5.19. The summed E-state index contributed by atoms with van der Waals surface area (Å²) in [5.74, 6) is 0. The van der Waals surface area contributed by atoms with Crippen LogP contribution in [0.3, 0.4) is 0 Å². The van der Waals surface area contributed by atoms with Gasteiger partial charge in [-0.1, -0.05) is 60.2 Å². The van der Waals surface area contributed by atoms with Crippen molar-refractivity contribution in [2.75, 3.05) is 13.1 Å². The van der Waals surface area contributed by atoms with Gasteiger partial charge in [0.25, 0.3) is 0 Å². The average Bonchev–Trinajstić information content (AvgIpc) is 3.06. The molecule has 1 aromatic heterocycles. The average molecular weight is 330 g/mol. The van der Waals surface area contributed by atoms with Crippen molar-refractivity contribution in [3.63, 3.8) is 0 Å². The van der Waals surface area contributed by atoms with Gasteiger partial charge in [0, 0.05) is 30.8 Å². The summed E-state index contributed by atoms with van der Waals surface area (Å²) in [7, 11) is 0. The van der Waals surface area contributed by atoms with Crippen LogP contribution in [0, 0.1) is 0 Å². The van der Waals surface area contributed by atoms with Crippen LogP contribution in [-0.4, -0.2) is 23.0 Å². The molecule has 2 aromatic carbocycles. The summed E-state index contributed by atoms with van der Waals surface area (Å²) >= 11 is 0. The van der Waals surface area contributed by atoms with Gasteiger partial charge >= 0.3 is 0 Å². The summed E-state index contributed by atoms with van der Waals surface area (Å²) in [5, 5.41) is 1.32. The molecular weight excluding hydrogens is 304 g/mol. The molecule has 0 aliphatic carbocycles. The van der Waals surface area contributed by atoms with E-state index in [0.29, 0.717) is 0 Å². The van der Waals surface area contributed by atoms with Crippen LogP contribution in [0.4, 0.5) is 0 Å². The van der Waals surface area contributed by atoms with E-state index >= 15 is 0 Å². The Kier molecular flexibility index (Phi) is 4.98. The Labute approximate surface area is 150 Å². The van der Waals surface area contributed by atoms with Gasteiger partial charge in [-0.05, 0) is 48.8 Å². The van der Waals surface area contributed by atoms with Crippen LogP contribution in [0.5, 0.6) is 0 Å². The zero-order valence-corrected chi connectivity index (χ0v) is 14.7. The van der Waals surface area contributed by atoms with E-state index in [2.05, 4.69) is 76.6 Å². The van der Waals surface area contributed by atoms with E-state index < -0.39 is 0 Å². The highest BCUT2D eigenvalue weighted by Crippen LogP contribution is 2.21. The molecule has 3 aromatic rings. The van der Waals surface area contributed by atoms with Crippen LogP contribution in [-0.2, 0) is 13.0 Å². The Morgan fingerprint density at radius 3 is 2.48 bits per heavy atom. The molecule has 0 saturated carbocycles. The highest BCUT2D eigenvalue weighted by atomic mass is 15.1. The lowest BCUT2D eigenvalue weighted by atomic mass is 10.0. The zero-order valence-electron chi connectivity index (χ0n) is 14.7. The van der Waals surface area contributed by atoms with Crippen LogP contribution in [0.1, 0.15) is 30.5 Å². The normalized spacial score (nSPS) is 15.6. The molecule has 1 aliphatic heterocycles. The molecule has 1 N–H and O–H groups in total. The number of aromatic amines is 1. The van der Waals surface area contributed by atoms with Crippen LogP contribution < -0.4 is 0 Å². The first-order chi connectivity index (χ1) is 12.4. The van der Waals surface area contributed by atoms with Crippen molar-refractivity contribution < 1.29 is 0 Å². The molecule has 128 valence electrons. The van der Waals surface area contributed by atoms with Gasteiger partial charge in [-0.3, -0.25) is 4.90 Å². The second-order valence-electron chi connectivity index (χ2n) is 7.04. The number of aromatic nitrogens is 1. The molecule has 1 fully saturated rings. The predicted octanol–water partition coefficient (Wildman–Crippen LogP) is 5.32. The Balaban J connectivity index is 1.27. The molecule has 0 spiro atoms. The molecule has 2 heterocycles. The largest absolute Gasteiger partial charge is 0.357 e. The highest BCUT2D eigenvalue weighted by Gasteiger charge is 2.14. The van der Waals surface area contributed by atoms with Gasteiger partial charge in [-0.25, -0.2) is 0 Å². The number of benzene rings is 2. The lowest BCUT2D eigenvalue weighted by Gasteiger charge is -2.28. The fourth-order valence-corrected chi connectivity index (χ4v) is 3.75. The van der Waals surface area contributed by atoms with E-state index in [9.17, 15) is 0 Å². The number of fused-ring (bicyclic) bond motifs is 1. The van der Waals surface area contributed by atoms with E-state index in [-0.39, 0.29) is 0 Å². The number of hydrogen-bond donors (Lipinski definition) is 1. The summed E-state index contributed by atoms with van der Waals surface area (Å²) in [6, 6.07) is 21.6. The van der Waals surface area contributed by atoms with Crippen molar-refractivity contribution in [2.45, 2.75) is 32.2 Å². The highest BCUT2D eigenvalue weighted by molar-refractivity contribution is 5.80. The second kappa shape index (κ2) is 7.71. The van der Waals surface area contributed by atoms with Gasteiger partial charge in [0.2, 0.25) is 0 Å². The Bertz CT molecular complexity index is 802. The van der Waals surface area contributed by atoms with Crippen LogP contribution in [0.2, 0.25) is 0 Å². The molecule has 1 aliphatic rings. The molecule has 4 rings (SSSR count). The van der Waals surface area contributed by atoms with Crippen molar-refractivity contribution in [1.29, 1.82) is 0 Å². The maximum atomic E-state index is 3.55. The van der Waals surface area contributed by atoms with Gasteiger partial charge in [-0.15, -0.1) is 0 Å². The molecule has 0 atom stereocenters. The number of allylic oxidation sites excluding steroid dienone is 1. The first-order valence-electron chi connectivity index (χ1n) is 9.38. The number of rotatable bonds is 5. The van der Waals surface area contributed by atoms with E-state index in [1.54, 1.807) is 5.57 Å². The van der Waals surface area contributed by atoms with Crippen LogP contribution >= 0.6 is 0 Å². The van der Waals surface area contributed by atoms with Crippen molar-refractivity contribution in [3.05, 3.63) is 83.6 Å². The summed E-state index contributed by atoms with van der Waals surface area (Å²) in [6.45, 7) is 3.38. The smallest absolute Gasteiger partial charge is 0.0456 e. The number of H-pyrrole nitrogens is 1. The summed E-state index contributed by atoms with van der Waals surface area (Å²) in [4.78, 5) is 6.12. The van der Waals surface area contributed by atoms with E-state index in [0.717, 1.165) is 13.0 Å². The maximum absolute atomic E-state index is 3.55. The molecule has 2 nitrogen and oxygen atoms in total. The second-order valence-corrected chi connectivity index (χ2v) is 7.04. The van der Waals surface area contributed by atoms with Crippen molar-refractivity contribution >= 4 is 10.9 Å². The molecule has 1 saturated heterocycles. The maximum Gasteiger partial charge on any atom is 0.0456 e. The Morgan fingerprint density at radius 1 is 0.920 bits per heavy atom. The fraction of sp³-hybridized carbons (Fsp3) is 0.304. The van der Waals surface area contributed by atoms with Crippen molar-refractivity contribution in [3.8, 4) is 0 Å². The molecule has 0 bridgehead atoms. The third kappa shape index (κ3) is 4.21. The van der Waals surface area contributed by atoms with E-state index in [4.69, 9.17) is 0 Å². The SMILES string of the molecule is C(CCc1ccccc1)=C1CCN(Cc2cc3ccccc3[nH]2)CC1. The molecule has 25 heavy (non-hydrogen) atoms. The van der Waals surface area contributed by atoms with Crippen LogP contribution in [0.25, 0.3) is 10.9 Å². The monoisotopic (exact) mass is 330 g/mol. The quantitative estimate of drug-likeness (QED) is 0.627. The standard InChI is InChI=1S/C23H26N2/c1-2-7-19(8-3-1)9-6-10-20-13-15-25(16-14-20)18-22-17-21-11-4-5-12-23(21)24-22/h1-5,7-8,10-12,17,24H,6,9,13-16,18H2. The fourth-order valence-electron chi connectivity index (χ4n) is 3.75. The van der Waals surface area contributed by atoms with Crippen molar-refractivity contribution in [2.24, 2.45) is 0 Å². The first-order valence-corrected chi connectivity index (χ1v) is 9.38. The minimum Gasteiger partial charge on any atom is -0.357 e. The van der Waals surface area contributed by atoms with Gasteiger partial charge in [0.1, 0.15) is 0 Å². The third-order valence-electron chi connectivity index (χ3n) is 5.19. The van der Waals surface area contributed by atoms with Gasteiger partial charge in [-0.2, -0.15) is 0 Å². The molecule has 2 heteroatoms. The van der Waals surface area contributed by atoms with Gasteiger partial charge in [0.15, 0.2) is 0 Å². The first kappa shape index (κ1) is 16.2. The molecule has 0 radical (unpaired) electrons. The summed E-state index contributed by atoms with van der Waals surface area (Å²) in [6.07, 6.45) is 7.24. The Morgan fingerprint density at radius 2 is 1.68 bits per heavy atom.